The van der Waals surface area contributed by atoms with Crippen LogP contribution in [0.25, 0.3) is 38.6 Å². The van der Waals surface area contributed by atoms with E-state index in [4.69, 9.17) is 9.15 Å². The van der Waals surface area contributed by atoms with Crippen molar-refractivity contribution in [2.24, 2.45) is 0 Å². The van der Waals surface area contributed by atoms with E-state index < -0.39 is 0 Å². The van der Waals surface area contributed by atoms with Crippen molar-refractivity contribution in [2.75, 3.05) is 11.9 Å². The van der Waals surface area contributed by atoms with Crippen LogP contribution in [-0.2, 0) is 4.79 Å². The molecule has 0 bridgehead atoms. The lowest BCUT2D eigenvalue weighted by atomic mass is 9.98. The number of benzene rings is 3. The number of fused-ring (bicyclic) bond motifs is 2. The molecule has 180 valence electrons. The van der Waals surface area contributed by atoms with E-state index in [1.807, 2.05) is 63.2 Å². The predicted octanol–water partition coefficient (Wildman–Crippen LogP) is 7.71. The third kappa shape index (κ3) is 4.60. The van der Waals surface area contributed by atoms with Crippen molar-refractivity contribution in [3.8, 4) is 16.9 Å². The summed E-state index contributed by atoms with van der Waals surface area (Å²) < 4.78 is 11.8. The van der Waals surface area contributed by atoms with E-state index >= 15 is 0 Å². The second-order valence-electron chi connectivity index (χ2n) is 8.93. The first-order chi connectivity index (χ1) is 17.4. The molecule has 0 unspecified atom stereocenters. The Bertz CT molecular complexity index is 1610. The zero-order chi connectivity index (χ0) is 25.2. The Balaban J connectivity index is 1.51. The van der Waals surface area contributed by atoms with Crippen molar-refractivity contribution < 1.29 is 13.9 Å². The summed E-state index contributed by atoms with van der Waals surface area (Å²) in [6.45, 7) is 8.39. The maximum atomic E-state index is 13.0. The molecule has 2 aromatic heterocycles. The van der Waals surface area contributed by atoms with Crippen molar-refractivity contribution in [3.63, 3.8) is 0 Å². The molecule has 0 saturated carbocycles. The maximum Gasteiger partial charge on any atom is 0.248 e. The number of pyridine rings is 1. The van der Waals surface area contributed by atoms with Gasteiger partial charge in [-0.3, -0.25) is 9.78 Å². The van der Waals surface area contributed by atoms with Gasteiger partial charge in [0.1, 0.15) is 11.3 Å². The monoisotopic (exact) mass is 476 g/mol. The molecule has 0 saturated heterocycles. The molecule has 5 aromatic rings. The first kappa shape index (κ1) is 23.4. The van der Waals surface area contributed by atoms with Crippen LogP contribution in [0.4, 0.5) is 5.69 Å². The number of aromatic nitrogens is 1. The standard InChI is InChI=1S/C31H28N2O3/c1-5-35-29-17-30-25(26(18-36-30)22-12-9-19(2)10-13-22)16-24(29)20(3)15-31(34)33-28-8-6-7-27-23(28)14-11-21(4)32-27/h6-18H,5H2,1-4H3,(H,33,34)/b20-15+. The van der Waals surface area contributed by atoms with Crippen LogP contribution in [0.5, 0.6) is 5.75 Å². The highest BCUT2D eigenvalue weighted by Gasteiger charge is 2.16. The summed E-state index contributed by atoms with van der Waals surface area (Å²) in [5, 5.41) is 4.89. The summed E-state index contributed by atoms with van der Waals surface area (Å²) in [6.07, 6.45) is 3.38. The highest BCUT2D eigenvalue weighted by Crippen LogP contribution is 2.37. The molecule has 0 spiro atoms. The van der Waals surface area contributed by atoms with Gasteiger partial charge in [-0.2, -0.15) is 0 Å². The number of anilines is 1. The Kier molecular flexibility index (Phi) is 6.30. The van der Waals surface area contributed by atoms with Gasteiger partial charge in [0.25, 0.3) is 0 Å². The number of carbonyl (C=O) groups is 1. The minimum atomic E-state index is -0.214. The molecule has 0 aliphatic rings. The molecule has 3 aromatic carbocycles. The summed E-state index contributed by atoms with van der Waals surface area (Å²) in [6, 6.07) is 22.0. The second kappa shape index (κ2) is 9.70. The number of hydrogen-bond donors (Lipinski definition) is 1. The van der Waals surface area contributed by atoms with Crippen molar-refractivity contribution in [1.29, 1.82) is 0 Å². The third-order valence-electron chi connectivity index (χ3n) is 6.24. The molecule has 1 N–H and O–H groups in total. The zero-order valence-electron chi connectivity index (χ0n) is 20.9. The second-order valence-corrected chi connectivity index (χ2v) is 8.93. The van der Waals surface area contributed by atoms with Gasteiger partial charge in [-0.15, -0.1) is 0 Å². The molecule has 0 aliphatic carbocycles. The number of rotatable bonds is 6. The fraction of sp³-hybridized carbons (Fsp3) is 0.161. The molecule has 5 rings (SSSR count). The maximum absolute atomic E-state index is 13.0. The summed E-state index contributed by atoms with van der Waals surface area (Å²) in [5.74, 6) is 0.468. The Hall–Kier alpha value is -4.38. The molecule has 0 atom stereocenters. The molecule has 36 heavy (non-hydrogen) atoms. The Morgan fingerprint density at radius 3 is 2.61 bits per heavy atom. The molecule has 5 heteroatoms. The Morgan fingerprint density at radius 2 is 1.83 bits per heavy atom. The number of allylic oxidation sites excluding steroid dienone is 1. The summed E-state index contributed by atoms with van der Waals surface area (Å²) >= 11 is 0. The number of furan rings is 1. The molecule has 5 nitrogen and oxygen atoms in total. The van der Waals surface area contributed by atoms with Crippen LogP contribution in [0.3, 0.4) is 0 Å². The summed E-state index contributed by atoms with van der Waals surface area (Å²) in [5.41, 5.74) is 8.18. The van der Waals surface area contributed by atoms with Gasteiger partial charge in [-0.05, 0) is 69.2 Å². The molecule has 0 aliphatic heterocycles. The Morgan fingerprint density at radius 1 is 1.03 bits per heavy atom. The van der Waals surface area contributed by atoms with E-state index in [9.17, 15) is 4.79 Å². The lowest BCUT2D eigenvalue weighted by Gasteiger charge is -2.12. The number of nitrogens with one attached hydrogen (secondary N) is 1. The van der Waals surface area contributed by atoms with E-state index in [2.05, 4.69) is 41.5 Å². The molecule has 1 amide bonds. The Labute approximate surface area is 210 Å². The number of nitrogens with zero attached hydrogens (tertiary/aromatic N) is 1. The lowest BCUT2D eigenvalue weighted by molar-refractivity contribution is -0.111. The van der Waals surface area contributed by atoms with Gasteiger partial charge in [0.15, 0.2) is 0 Å². The normalized spacial score (nSPS) is 11.7. The van der Waals surface area contributed by atoms with Crippen molar-refractivity contribution >= 4 is 39.0 Å². The van der Waals surface area contributed by atoms with Crippen molar-refractivity contribution in [1.82, 2.24) is 4.98 Å². The van der Waals surface area contributed by atoms with Crippen LogP contribution in [0.15, 0.2) is 83.5 Å². The predicted molar refractivity (Wildman–Crippen MR) is 146 cm³/mol. The van der Waals surface area contributed by atoms with Crippen LogP contribution in [-0.4, -0.2) is 17.5 Å². The van der Waals surface area contributed by atoms with Gasteiger partial charge in [0.2, 0.25) is 5.91 Å². The van der Waals surface area contributed by atoms with E-state index in [0.717, 1.165) is 55.5 Å². The minimum absolute atomic E-state index is 0.214. The molecular formula is C31H28N2O3. The lowest BCUT2D eigenvalue weighted by Crippen LogP contribution is -2.09. The number of carbonyl (C=O) groups excluding carboxylic acids is 1. The first-order valence-electron chi connectivity index (χ1n) is 12.0. The molecule has 2 heterocycles. The number of ether oxygens (including phenoxy) is 1. The smallest absolute Gasteiger partial charge is 0.248 e. The van der Waals surface area contributed by atoms with Crippen LogP contribution in [0, 0.1) is 13.8 Å². The molecule has 0 fully saturated rings. The van der Waals surface area contributed by atoms with Gasteiger partial charge >= 0.3 is 0 Å². The quantitative estimate of drug-likeness (QED) is 0.255. The van der Waals surface area contributed by atoms with Gasteiger partial charge in [-0.25, -0.2) is 0 Å². The van der Waals surface area contributed by atoms with Crippen LogP contribution >= 0.6 is 0 Å². The SMILES string of the molecule is CCOc1cc2occ(-c3ccc(C)cc3)c2cc1/C(C)=C/C(=O)Nc1cccc2nc(C)ccc12. The highest BCUT2D eigenvalue weighted by atomic mass is 16.5. The third-order valence-corrected chi connectivity index (χ3v) is 6.24. The van der Waals surface area contributed by atoms with Crippen molar-refractivity contribution in [2.45, 2.75) is 27.7 Å². The fourth-order valence-corrected chi connectivity index (χ4v) is 4.40. The molecule has 0 radical (unpaired) electrons. The van der Waals surface area contributed by atoms with E-state index in [1.165, 1.54) is 5.56 Å². The molecular weight excluding hydrogens is 448 g/mol. The number of hydrogen-bond acceptors (Lipinski definition) is 4. The fourth-order valence-electron chi connectivity index (χ4n) is 4.40. The zero-order valence-corrected chi connectivity index (χ0v) is 20.9. The first-order valence-corrected chi connectivity index (χ1v) is 12.0. The topological polar surface area (TPSA) is 64.4 Å². The van der Waals surface area contributed by atoms with E-state index in [1.54, 1.807) is 12.3 Å². The van der Waals surface area contributed by atoms with Crippen LogP contribution in [0.2, 0.25) is 0 Å². The number of amides is 1. The number of aryl methyl sites for hydroxylation is 2. The van der Waals surface area contributed by atoms with E-state index in [-0.39, 0.29) is 5.91 Å². The van der Waals surface area contributed by atoms with Crippen molar-refractivity contribution in [3.05, 3.63) is 95.9 Å². The minimum Gasteiger partial charge on any atom is -0.493 e. The van der Waals surface area contributed by atoms with Gasteiger partial charge in [0.05, 0.1) is 24.1 Å². The largest absolute Gasteiger partial charge is 0.493 e. The van der Waals surface area contributed by atoms with Gasteiger partial charge < -0.3 is 14.5 Å². The highest BCUT2D eigenvalue weighted by molar-refractivity contribution is 6.09. The van der Waals surface area contributed by atoms with Gasteiger partial charge in [0, 0.05) is 39.7 Å². The van der Waals surface area contributed by atoms with Crippen LogP contribution < -0.4 is 10.1 Å². The van der Waals surface area contributed by atoms with E-state index in [0.29, 0.717) is 12.4 Å². The average molecular weight is 477 g/mol. The summed E-state index contributed by atoms with van der Waals surface area (Å²) in [4.78, 5) is 17.6. The summed E-state index contributed by atoms with van der Waals surface area (Å²) in [7, 11) is 0. The van der Waals surface area contributed by atoms with Crippen LogP contribution in [0.1, 0.15) is 30.7 Å². The average Bonchev–Trinajstić information content (AvgIpc) is 3.27. The van der Waals surface area contributed by atoms with Gasteiger partial charge in [-0.1, -0.05) is 35.9 Å².